The third kappa shape index (κ3) is 4.63. The molecule has 0 fully saturated rings. The van der Waals surface area contributed by atoms with Crippen molar-refractivity contribution < 1.29 is 19.0 Å². The Bertz CT molecular complexity index is 487. The molecule has 0 saturated carbocycles. The third-order valence-corrected chi connectivity index (χ3v) is 3.47. The molecule has 5 nitrogen and oxygen atoms in total. The molecule has 1 aromatic rings. The summed E-state index contributed by atoms with van der Waals surface area (Å²) >= 11 is 0. The minimum absolute atomic E-state index is 0.152. The van der Waals surface area contributed by atoms with Crippen LogP contribution in [0.4, 0.5) is 0 Å². The molecule has 0 radical (unpaired) electrons. The van der Waals surface area contributed by atoms with Crippen molar-refractivity contribution in [3.8, 4) is 11.5 Å². The molecule has 0 heterocycles. The maximum Gasteiger partial charge on any atom is 0.309 e. The molecule has 0 aliphatic rings. The van der Waals surface area contributed by atoms with Gasteiger partial charge in [0.25, 0.3) is 0 Å². The van der Waals surface area contributed by atoms with Crippen molar-refractivity contribution in [1.82, 2.24) is 4.90 Å². The highest BCUT2D eigenvalue weighted by Gasteiger charge is 2.17. The summed E-state index contributed by atoms with van der Waals surface area (Å²) in [7, 11) is 6.65. The molecule has 0 aromatic heterocycles. The first-order valence-electron chi connectivity index (χ1n) is 6.90. The molecule has 0 bridgehead atoms. The SMILES string of the molecule is COC(=O)C(C)CN(C)Cc1cc(OC)c(OC)cc1C. The quantitative estimate of drug-likeness (QED) is 0.722. The van der Waals surface area contributed by atoms with Crippen LogP contribution in [0.2, 0.25) is 0 Å². The zero-order valence-electron chi connectivity index (χ0n) is 13.7. The molecule has 0 N–H and O–H groups in total. The van der Waals surface area contributed by atoms with Gasteiger partial charge in [-0.05, 0) is 37.2 Å². The number of carbonyl (C=O) groups excluding carboxylic acids is 1. The van der Waals surface area contributed by atoms with Crippen LogP contribution in [0.1, 0.15) is 18.1 Å². The molecule has 1 atom stereocenters. The van der Waals surface area contributed by atoms with E-state index in [9.17, 15) is 4.79 Å². The largest absolute Gasteiger partial charge is 0.493 e. The number of carbonyl (C=O) groups is 1. The minimum atomic E-state index is -0.189. The molecule has 0 amide bonds. The second kappa shape index (κ2) is 7.88. The first kappa shape index (κ1) is 17.3. The van der Waals surface area contributed by atoms with Crippen LogP contribution < -0.4 is 9.47 Å². The van der Waals surface area contributed by atoms with Gasteiger partial charge in [0.15, 0.2) is 11.5 Å². The summed E-state index contributed by atoms with van der Waals surface area (Å²) in [4.78, 5) is 13.6. The standard InChI is InChI=1S/C16H25NO4/c1-11-7-14(19-4)15(20-5)8-13(11)10-17(3)9-12(2)16(18)21-6/h7-8,12H,9-10H2,1-6H3. The molecule has 1 unspecified atom stereocenters. The van der Waals surface area contributed by atoms with Crippen LogP contribution in [-0.2, 0) is 16.1 Å². The summed E-state index contributed by atoms with van der Waals surface area (Å²) in [5, 5.41) is 0. The Morgan fingerprint density at radius 1 is 1.19 bits per heavy atom. The van der Waals surface area contributed by atoms with Gasteiger partial charge < -0.3 is 19.1 Å². The van der Waals surface area contributed by atoms with E-state index >= 15 is 0 Å². The molecule has 5 heteroatoms. The van der Waals surface area contributed by atoms with Gasteiger partial charge in [0.1, 0.15) is 0 Å². The van der Waals surface area contributed by atoms with Crippen molar-refractivity contribution in [2.45, 2.75) is 20.4 Å². The smallest absolute Gasteiger partial charge is 0.309 e. The summed E-state index contributed by atoms with van der Waals surface area (Å²) in [5.41, 5.74) is 2.28. The van der Waals surface area contributed by atoms with Crippen molar-refractivity contribution in [3.63, 3.8) is 0 Å². The fourth-order valence-electron chi connectivity index (χ4n) is 2.29. The van der Waals surface area contributed by atoms with Gasteiger partial charge in [-0.25, -0.2) is 0 Å². The second-order valence-electron chi connectivity index (χ2n) is 5.25. The lowest BCUT2D eigenvalue weighted by Gasteiger charge is -2.21. The van der Waals surface area contributed by atoms with Crippen molar-refractivity contribution in [2.75, 3.05) is 34.9 Å². The zero-order chi connectivity index (χ0) is 16.0. The first-order chi connectivity index (χ1) is 9.92. The summed E-state index contributed by atoms with van der Waals surface area (Å²) in [5.74, 6) is 1.10. The van der Waals surface area contributed by atoms with Crippen LogP contribution in [0.3, 0.4) is 0 Å². The van der Waals surface area contributed by atoms with Gasteiger partial charge in [0, 0.05) is 13.1 Å². The highest BCUT2D eigenvalue weighted by atomic mass is 16.5. The number of ether oxygens (including phenoxy) is 3. The fraction of sp³-hybridized carbons (Fsp3) is 0.562. The number of methoxy groups -OCH3 is 3. The number of aryl methyl sites for hydroxylation is 1. The summed E-state index contributed by atoms with van der Waals surface area (Å²) < 4.78 is 15.4. The lowest BCUT2D eigenvalue weighted by Crippen LogP contribution is -2.29. The third-order valence-electron chi connectivity index (χ3n) is 3.47. The fourth-order valence-corrected chi connectivity index (χ4v) is 2.29. The van der Waals surface area contributed by atoms with Gasteiger partial charge in [-0.15, -0.1) is 0 Å². The molecule has 0 aliphatic carbocycles. The number of rotatable bonds is 7. The van der Waals surface area contributed by atoms with Crippen molar-refractivity contribution in [2.24, 2.45) is 5.92 Å². The average molecular weight is 295 g/mol. The van der Waals surface area contributed by atoms with E-state index in [4.69, 9.17) is 14.2 Å². The first-order valence-corrected chi connectivity index (χ1v) is 6.90. The minimum Gasteiger partial charge on any atom is -0.493 e. The Balaban J connectivity index is 2.80. The summed E-state index contributed by atoms with van der Waals surface area (Å²) in [6.07, 6.45) is 0. The molecule has 0 aliphatic heterocycles. The van der Waals surface area contributed by atoms with E-state index in [-0.39, 0.29) is 11.9 Å². The van der Waals surface area contributed by atoms with Gasteiger partial charge in [0.2, 0.25) is 0 Å². The summed E-state index contributed by atoms with van der Waals surface area (Å²) in [6, 6.07) is 3.94. The van der Waals surface area contributed by atoms with Crippen LogP contribution >= 0.6 is 0 Å². The predicted octanol–water partition coefficient (Wildman–Crippen LogP) is 2.25. The van der Waals surface area contributed by atoms with E-state index in [1.54, 1.807) is 14.2 Å². The van der Waals surface area contributed by atoms with Crippen LogP contribution in [0.5, 0.6) is 11.5 Å². The Morgan fingerprint density at radius 2 is 1.76 bits per heavy atom. The summed E-state index contributed by atoms with van der Waals surface area (Å²) in [6.45, 7) is 5.27. The lowest BCUT2D eigenvalue weighted by molar-refractivity contribution is -0.145. The molecule has 21 heavy (non-hydrogen) atoms. The highest BCUT2D eigenvalue weighted by molar-refractivity contribution is 5.72. The van der Waals surface area contributed by atoms with E-state index in [2.05, 4.69) is 4.90 Å². The Kier molecular flexibility index (Phi) is 6.49. The topological polar surface area (TPSA) is 48.0 Å². The zero-order valence-corrected chi connectivity index (χ0v) is 13.7. The van der Waals surface area contributed by atoms with Gasteiger partial charge in [-0.3, -0.25) is 4.79 Å². The molecular weight excluding hydrogens is 270 g/mol. The van der Waals surface area contributed by atoms with Crippen LogP contribution in [0, 0.1) is 12.8 Å². The lowest BCUT2D eigenvalue weighted by atomic mass is 10.1. The molecule has 118 valence electrons. The Hall–Kier alpha value is -1.75. The monoisotopic (exact) mass is 295 g/mol. The van der Waals surface area contributed by atoms with E-state index in [1.165, 1.54) is 7.11 Å². The van der Waals surface area contributed by atoms with Gasteiger partial charge >= 0.3 is 5.97 Å². The molecule has 0 spiro atoms. The van der Waals surface area contributed by atoms with E-state index in [0.717, 1.165) is 23.4 Å². The average Bonchev–Trinajstić information content (AvgIpc) is 2.47. The molecule has 1 rings (SSSR count). The number of hydrogen-bond acceptors (Lipinski definition) is 5. The van der Waals surface area contributed by atoms with E-state index in [0.29, 0.717) is 12.3 Å². The normalized spacial score (nSPS) is 12.1. The van der Waals surface area contributed by atoms with Crippen LogP contribution in [0.15, 0.2) is 12.1 Å². The van der Waals surface area contributed by atoms with Crippen molar-refractivity contribution in [1.29, 1.82) is 0 Å². The van der Waals surface area contributed by atoms with Crippen LogP contribution in [-0.4, -0.2) is 45.8 Å². The van der Waals surface area contributed by atoms with Gasteiger partial charge in [-0.2, -0.15) is 0 Å². The molecule has 1 aromatic carbocycles. The molecular formula is C16H25NO4. The molecule has 0 saturated heterocycles. The number of benzene rings is 1. The van der Waals surface area contributed by atoms with Crippen molar-refractivity contribution in [3.05, 3.63) is 23.3 Å². The van der Waals surface area contributed by atoms with Gasteiger partial charge in [-0.1, -0.05) is 6.92 Å². The Labute approximate surface area is 126 Å². The second-order valence-corrected chi connectivity index (χ2v) is 5.25. The number of esters is 1. The number of nitrogens with zero attached hydrogens (tertiary/aromatic N) is 1. The predicted molar refractivity (Wildman–Crippen MR) is 81.8 cm³/mol. The van der Waals surface area contributed by atoms with Gasteiger partial charge in [0.05, 0.1) is 27.2 Å². The van der Waals surface area contributed by atoms with Crippen molar-refractivity contribution >= 4 is 5.97 Å². The maximum absolute atomic E-state index is 11.5. The number of hydrogen-bond donors (Lipinski definition) is 0. The van der Waals surface area contributed by atoms with E-state index < -0.39 is 0 Å². The highest BCUT2D eigenvalue weighted by Crippen LogP contribution is 2.30. The maximum atomic E-state index is 11.5. The van der Waals surface area contributed by atoms with Crippen LogP contribution in [0.25, 0.3) is 0 Å². The van der Waals surface area contributed by atoms with E-state index in [1.807, 2.05) is 33.0 Å². The Morgan fingerprint density at radius 3 is 2.29 bits per heavy atom.